The maximum atomic E-state index is 13.3. The van der Waals surface area contributed by atoms with Crippen LogP contribution in [0.2, 0.25) is 0 Å². The van der Waals surface area contributed by atoms with Crippen LogP contribution in [0.3, 0.4) is 0 Å². The van der Waals surface area contributed by atoms with Gasteiger partial charge >= 0.3 is 6.09 Å². The zero-order valence-electron chi connectivity index (χ0n) is 16.1. The lowest BCUT2D eigenvalue weighted by atomic mass is 10.1. The summed E-state index contributed by atoms with van der Waals surface area (Å²) in [6.07, 6.45) is 3.18. The number of amides is 1. The Morgan fingerprint density at radius 3 is 2.52 bits per heavy atom. The quantitative estimate of drug-likeness (QED) is 0.717. The molecule has 5 nitrogen and oxygen atoms in total. The van der Waals surface area contributed by atoms with Crippen molar-refractivity contribution in [2.45, 2.75) is 52.2 Å². The summed E-state index contributed by atoms with van der Waals surface area (Å²) in [5.74, 6) is -0.344. The molecule has 0 spiro atoms. The van der Waals surface area contributed by atoms with E-state index < -0.39 is 11.7 Å². The van der Waals surface area contributed by atoms with Gasteiger partial charge in [0.1, 0.15) is 11.4 Å². The molecule has 27 heavy (non-hydrogen) atoms. The molecule has 1 fully saturated rings. The average Bonchev–Trinajstić information content (AvgIpc) is 3.09. The Hall–Kier alpha value is -2.15. The standard InChI is InChI=1S/C20H26FN3O2S/c1-20(2,3)26-19(25)24(17-9-7-15(21)8-10-17)13-16-14-27-18(22-16)23-11-5-4-6-12-23/h7-10,14H,4-6,11-13H2,1-3H3. The van der Waals surface area contributed by atoms with Crippen LogP contribution in [0.25, 0.3) is 0 Å². The zero-order chi connectivity index (χ0) is 19.4. The van der Waals surface area contributed by atoms with Crippen LogP contribution in [0.1, 0.15) is 45.7 Å². The first-order valence-electron chi connectivity index (χ1n) is 9.27. The van der Waals surface area contributed by atoms with Gasteiger partial charge in [0.25, 0.3) is 0 Å². The van der Waals surface area contributed by atoms with Gasteiger partial charge in [0.15, 0.2) is 5.13 Å². The molecule has 0 aliphatic carbocycles. The summed E-state index contributed by atoms with van der Waals surface area (Å²) in [6.45, 7) is 7.81. The van der Waals surface area contributed by atoms with Crippen LogP contribution in [0.4, 0.5) is 20.0 Å². The van der Waals surface area contributed by atoms with Gasteiger partial charge in [-0.25, -0.2) is 14.2 Å². The van der Waals surface area contributed by atoms with Crippen LogP contribution in [0.15, 0.2) is 29.6 Å². The van der Waals surface area contributed by atoms with E-state index in [1.807, 2.05) is 26.2 Å². The Morgan fingerprint density at radius 1 is 1.22 bits per heavy atom. The molecule has 7 heteroatoms. The molecular formula is C20H26FN3O2S. The highest BCUT2D eigenvalue weighted by molar-refractivity contribution is 7.13. The zero-order valence-corrected chi connectivity index (χ0v) is 16.9. The second-order valence-corrected chi connectivity index (χ2v) is 8.55. The third-order valence-electron chi connectivity index (χ3n) is 4.24. The van der Waals surface area contributed by atoms with Crippen molar-refractivity contribution in [2.75, 3.05) is 22.9 Å². The number of hydrogen-bond donors (Lipinski definition) is 0. The van der Waals surface area contributed by atoms with E-state index in [2.05, 4.69) is 4.90 Å². The van der Waals surface area contributed by atoms with Crippen molar-refractivity contribution in [3.8, 4) is 0 Å². The second-order valence-electron chi connectivity index (χ2n) is 7.71. The fourth-order valence-electron chi connectivity index (χ4n) is 2.96. The Morgan fingerprint density at radius 2 is 1.89 bits per heavy atom. The lowest BCUT2D eigenvalue weighted by Crippen LogP contribution is -2.36. The molecule has 2 heterocycles. The Kier molecular flexibility index (Phi) is 5.99. The van der Waals surface area contributed by atoms with Crippen LogP contribution in [0.5, 0.6) is 0 Å². The minimum atomic E-state index is -0.615. The molecule has 0 N–H and O–H groups in total. The van der Waals surface area contributed by atoms with Crippen molar-refractivity contribution in [1.29, 1.82) is 0 Å². The first-order valence-corrected chi connectivity index (χ1v) is 10.2. The molecular weight excluding hydrogens is 365 g/mol. The minimum absolute atomic E-state index is 0.283. The third kappa shape index (κ3) is 5.42. The SMILES string of the molecule is CC(C)(C)OC(=O)N(Cc1csc(N2CCCCC2)n1)c1ccc(F)cc1. The molecule has 1 aliphatic rings. The van der Waals surface area contributed by atoms with Crippen molar-refractivity contribution < 1.29 is 13.9 Å². The monoisotopic (exact) mass is 391 g/mol. The van der Waals surface area contributed by atoms with Crippen molar-refractivity contribution in [3.63, 3.8) is 0 Å². The number of carbonyl (C=O) groups excluding carboxylic acids is 1. The first-order chi connectivity index (χ1) is 12.8. The number of rotatable bonds is 4. The Labute approximate surface area is 163 Å². The van der Waals surface area contributed by atoms with Gasteiger partial charge in [-0.2, -0.15) is 0 Å². The predicted molar refractivity (Wildman–Crippen MR) is 107 cm³/mol. The first kappa shape index (κ1) is 19.6. The molecule has 0 saturated carbocycles. The molecule has 0 unspecified atom stereocenters. The second kappa shape index (κ2) is 8.25. The van der Waals surface area contributed by atoms with Crippen molar-refractivity contribution in [2.24, 2.45) is 0 Å². The number of halogens is 1. The average molecular weight is 392 g/mol. The van der Waals surface area contributed by atoms with E-state index in [-0.39, 0.29) is 12.4 Å². The van der Waals surface area contributed by atoms with Gasteiger partial charge in [-0.3, -0.25) is 4.90 Å². The van der Waals surface area contributed by atoms with Gasteiger partial charge in [-0.1, -0.05) is 0 Å². The molecule has 1 aromatic carbocycles. The lowest BCUT2D eigenvalue weighted by Gasteiger charge is -2.27. The number of carbonyl (C=O) groups is 1. The number of anilines is 2. The molecule has 0 atom stereocenters. The summed E-state index contributed by atoms with van der Waals surface area (Å²) >= 11 is 1.60. The van der Waals surface area contributed by atoms with E-state index in [9.17, 15) is 9.18 Å². The molecule has 2 aromatic rings. The van der Waals surface area contributed by atoms with E-state index in [4.69, 9.17) is 9.72 Å². The van der Waals surface area contributed by atoms with Crippen LogP contribution < -0.4 is 9.80 Å². The van der Waals surface area contributed by atoms with E-state index in [0.717, 1.165) is 23.9 Å². The summed E-state index contributed by atoms with van der Waals surface area (Å²) < 4.78 is 18.8. The molecule has 3 rings (SSSR count). The molecule has 0 bridgehead atoms. The highest BCUT2D eigenvalue weighted by Gasteiger charge is 2.25. The van der Waals surface area contributed by atoms with Crippen LogP contribution in [-0.4, -0.2) is 29.8 Å². The molecule has 1 amide bonds. The maximum Gasteiger partial charge on any atom is 0.415 e. The van der Waals surface area contributed by atoms with Crippen LogP contribution in [0, 0.1) is 5.82 Å². The van der Waals surface area contributed by atoms with Crippen molar-refractivity contribution >= 4 is 28.2 Å². The molecule has 146 valence electrons. The normalized spacial score (nSPS) is 14.9. The minimum Gasteiger partial charge on any atom is -0.443 e. The smallest absolute Gasteiger partial charge is 0.415 e. The van der Waals surface area contributed by atoms with Gasteiger partial charge in [0.05, 0.1) is 12.2 Å². The van der Waals surface area contributed by atoms with E-state index in [1.165, 1.54) is 36.3 Å². The largest absolute Gasteiger partial charge is 0.443 e. The Bertz CT molecular complexity index is 764. The van der Waals surface area contributed by atoms with Crippen molar-refractivity contribution in [1.82, 2.24) is 4.98 Å². The number of hydrogen-bond acceptors (Lipinski definition) is 5. The molecule has 1 aromatic heterocycles. The number of ether oxygens (including phenoxy) is 1. The summed E-state index contributed by atoms with van der Waals surface area (Å²) in [7, 11) is 0. The molecule has 1 aliphatic heterocycles. The fraction of sp³-hybridized carbons (Fsp3) is 0.500. The number of thiazole rings is 1. The maximum absolute atomic E-state index is 13.3. The number of benzene rings is 1. The fourth-order valence-corrected chi connectivity index (χ4v) is 3.83. The van der Waals surface area contributed by atoms with Crippen LogP contribution >= 0.6 is 11.3 Å². The van der Waals surface area contributed by atoms with Crippen molar-refractivity contribution in [3.05, 3.63) is 41.2 Å². The highest BCUT2D eigenvalue weighted by atomic mass is 32.1. The van der Waals surface area contributed by atoms with E-state index in [1.54, 1.807) is 23.5 Å². The molecule has 0 radical (unpaired) electrons. The highest BCUT2D eigenvalue weighted by Crippen LogP contribution is 2.27. The lowest BCUT2D eigenvalue weighted by molar-refractivity contribution is 0.0577. The molecule has 1 saturated heterocycles. The van der Waals surface area contributed by atoms with Crippen LogP contribution in [-0.2, 0) is 11.3 Å². The summed E-state index contributed by atoms with van der Waals surface area (Å²) in [4.78, 5) is 21.2. The van der Waals surface area contributed by atoms with Gasteiger partial charge < -0.3 is 9.64 Å². The van der Waals surface area contributed by atoms with Gasteiger partial charge in [0.2, 0.25) is 0 Å². The summed E-state index contributed by atoms with van der Waals surface area (Å²) in [6, 6.07) is 5.84. The van der Waals surface area contributed by atoms with Gasteiger partial charge in [0, 0.05) is 24.2 Å². The topological polar surface area (TPSA) is 45.7 Å². The summed E-state index contributed by atoms with van der Waals surface area (Å²) in [5, 5.41) is 2.97. The van der Waals surface area contributed by atoms with Gasteiger partial charge in [-0.05, 0) is 64.3 Å². The number of aromatic nitrogens is 1. The number of piperidine rings is 1. The predicted octanol–water partition coefficient (Wildman–Crippen LogP) is 5.21. The Balaban J connectivity index is 1.79. The number of nitrogens with zero attached hydrogens (tertiary/aromatic N) is 3. The third-order valence-corrected chi connectivity index (χ3v) is 5.19. The van der Waals surface area contributed by atoms with E-state index >= 15 is 0 Å². The van der Waals surface area contributed by atoms with E-state index in [0.29, 0.717) is 5.69 Å². The van der Waals surface area contributed by atoms with Gasteiger partial charge in [-0.15, -0.1) is 11.3 Å². The summed E-state index contributed by atoms with van der Waals surface area (Å²) in [5.41, 5.74) is 0.769.